The van der Waals surface area contributed by atoms with Gasteiger partial charge in [-0.1, -0.05) is 6.07 Å². The Labute approximate surface area is 111 Å². The smallest absolute Gasteiger partial charge is 0.311 e. The molecule has 1 heterocycles. The van der Waals surface area contributed by atoms with Crippen LogP contribution in [0.5, 0.6) is 11.5 Å². The molecule has 1 aromatic carbocycles. The summed E-state index contributed by atoms with van der Waals surface area (Å²) < 4.78 is 15.6. The van der Waals surface area contributed by atoms with Crippen molar-refractivity contribution in [2.75, 3.05) is 7.11 Å². The maximum Gasteiger partial charge on any atom is 0.311 e. The molecule has 0 saturated heterocycles. The van der Waals surface area contributed by atoms with Gasteiger partial charge in [0.15, 0.2) is 11.5 Å². The monoisotopic (exact) mass is 260 g/mol. The molecule has 0 radical (unpaired) electrons. The van der Waals surface area contributed by atoms with E-state index < -0.39 is 0 Å². The number of rotatable bonds is 5. The number of methoxy groups -OCH3 is 1. The molecule has 0 unspecified atom stereocenters. The highest BCUT2D eigenvalue weighted by atomic mass is 16.6. The highest BCUT2D eigenvalue weighted by Crippen LogP contribution is 2.28. The summed E-state index contributed by atoms with van der Waals surface area (Å²) in [4.78, 5) is 11.7. The van der Waals surface area contributed by atoms with Gasteiger partial charge in [-0.05, 0) is 36.8 Å². The summed E-state index contributed by atoms with van der Waals surface area (Å²) in [7, 11) is 1.55. The van der Waals surface area contributed by atoms with Crippen LogP contribution in [0.1, 0.15) is 17.7 Å². The molecule has 0 bridgehead atoms. The van der Waals surface area contributed by atoms with E-state index in [2.05, 4.69) is 0 Å². The van der Waals surface area contributed by atoms with Crippen molar-refractivity contribution in [1.82, 2.24) is 0 Å². The van der Waals surface area contributed by atoms with Gasteiger partial charge in [0.1, 0.15) is 5.76 Å². The van der Waals surface area contributed by atoms with Crippen molar-refractivity contribution in [2.24, 2.45) is 0 Å². The fourth-order valence-corrected chi connectivity index (χ4v) is 1.71. The van der Waals surface area contributed by atoms with Gasteiger partial charge < -0.3 is 13.9 Å². The fourth-order valence-electron chi connectivity index (χ4n) is 1.71. The van der Waals surface area contributed by atoms with Crippen molar-refractivity contribution in [2.45, 2.75) is 19.8 Å². The summed E-state index contributed by atoms with van der Waals surface area (Å²) in [5.74, 6) is 1.47. The summed E-state index contributed by atoms with van der Waals surface area (Å²) in [5.41, 5.74) is 1.05. The SMILES string of the molecule is COc1cc(C)ccc1OC(=O)CCc1ccco1. The van der Waals surface area contributed by atoms with E-state index in [1.165, 1.54) is 0 Å². The predicted octanol–water partition coefficient (Wildman–Crippen LogP) is 3.13. The van der Waals surface area contributed by atoms with Crippen molar-refractivity contribution in [3.8, 4) is 11.5 Å². The van der Waals surface area contributed by atoms with Crippen molar-refractivity contribution >= 4 is 5.97 Å². The van der Waals surface area contributed by atoms with E-state index >= 15 is 0 Å². The molecular weight excluding hydrogens is 244 g/mol. The second-order valence-electron chi connectivity index (χ2n) is 4.21. The maximum atomic E-state index is 11.7. The van der Waals surface area contributed by atoms with Crippen molar-refractivity contribution in [1.29, 1.82) is 0 Å². The Balaban J connectivity index is 1.95. The zero-order valence-corrected chi connectivity index (χ0v) is 11.0. The van der Waals surface area contributed by atoms with Crippen LogP contribution < -0.4 is 9.47 Å². The molecule has 4 heteroatoms. The molecule has 2 aromatic rings. The van der Waals surface area contributed by atoms with Crippen LogP contribution in [0, 0.1) is 6.92 Å². The van der Waals surface area contributed by atoms with Crippen LogP contribution in [-0.4, -0.2) is 13.1 Å². The van der Waals surface area contributed by atoms with Crippen LogP contribution in [0.15, 0.2) is 41.0 Å². The molecule has 0 saturated carbocycles. The Kier molecular flexibility index (Phi) is 4.23. The Morgan fingerprint density at radius 2 is 2.11 bits per heavy atom. The molecule has 1 aromatic heterocycles. The minimum atomic E-state index is -0.307. The van der Waals surface area contributed by atoms with Gasteiger partial charge in [-0.15, -0.1) is 0 Å². The van der Waals surface area contributed by atoms with Crippen LogP contribution in [0.4, 0.5) is 0 Å². The molecule has 100 valence electrons. The van der Waals surface area contributed by atoms with Gasteiger partial charge >= 0.3 is 5.97 Å². The van der Waals surface area contributed by atoms with Gasteiger partial charge in [-0.2, -0.15) is 0 Å². The molecule has 0 amide bonds. The largest absolute Gasteiger partial charge is 0.493 e. The van der Waals surface area contributed by atoms with E-state index in [1.807, 2.05) is 25.1 Å². The minimum Gasteiger partial charge on any atom is -0.493 e. The average molecular weight is 260 g/mol. The van der Waals surface area contributed by atoms with Gasteiger partial charge in [0.2, 0.25) is 0 Å². The summed E-state index contributed by atoms with van der Waals surface area (Å²) in [6, 6.07) is 9.06. The summed E-state index contributed by atoms with van der Waals surface area (Å²) >= 11 is 0. The van der Waals surface area contributed by atoms with Crippen LogP contribution in [0.2, 0.25) is 0 Å². The summed E-state index contributed by atoms with van der Waals surface area (Å²) in [6.45, 7) is 1.95. The number of esters is 1. The van der Waals surface area contributed by atoms with E-state index in [1.54, 1.807) is 25.5 Å². The quantitative estimate of drug-likeness (QED) is 0.612. The first-order valence-corrected chi connectivity index (χ1v) is 6.07. The summed E-state index contributed by atoms with van der Waals surface area (Å²) in [5, 5.41) is 0. The zero-order chi connectivity index (χ0) is 13.7. The van der Waals surface area contributed by atoms with E-state index in [-0.39, 0.29) is 12.4 Å². The molecule has 0 aliphatic heterocycles. The third-order valence-electron chi connectivity index (χ3n) is 2.70. The normalized spacial score (nSPS) is 10.2. The van der Waals surface area contributed by atoms with Gasteiger partial charge in [-0.3, -0.25) is 4.79 Å². The van der Waals surface area contributed by atoms with Crippen LogP contribution in [0.3, 0.4) is 0 Å². The molecule has 19 heavy (non-hydrogen) atoms. The number of ether oxygens (including phenoxy) is 2. The van der Waals surface area contributed by atoms with E-state index in [0.29, 0.717) is 17.9 Å². The molecule has 0 aliphatic rings. The first-order valence-electron chi connectivity index (χ1n) is 6.07. The van der Waals surface area contributed by atoms with Gasteiger partial charge in [-0.25, -0.2) is 0 Å². The number of aryl methyl sites for hydroxylation is 2. The van der Waals surface area contributed by atoms with E-state index in [0.717, 1.165) is 11.3 Å². The number of carbonyl (C=O) groups excluding carboxylic acids is 1. The lowest BCUT2D eigenvalue weighted by Crippen LogP contribution is -2.09. The maximum absolute atomic E-state index is 11.7. The lowest BCUT2D eigenvalue weighted by atomic mass is 10.2. The third-order valence-corrected chi connectivity index (χ3v) is 2.70. The predicted molar refractivity (Wildman–Crippen MR) is 70.4 cm³/mol. The molecular formula is C15H16O4. The van der Waals surface area contributed by atoms with Gasteiger partial charge in [0.05, 0.1) is 19.8 Å². The van der Waals surface area contributed by atoms with Gasteiger partial charge in [0, 0.05) is 6.42 Å². The molecule has 0 aliphatic carbocycles. The molecule has 0 spiro atoms. The van der Waals surface area contributed by atoms with Gasteiger partial charge in [0.25, 0.3) is 0 Å². The minimum absolute atomic E-state index is 0.268. The standard InChI is InChI=1S/C15H16O4/c1-11-5-7-13(14(10-11)17-2)19-15(16)8-6-12-4-3-9-18-12/h3-5,7,9-10H,6,8H2,1-2H3. The zero-order valence-electron chi connectivity index (χ0n) is 11.0. The number of furan rings is 1. The topological polar surface area (TPSA) is 48.7 Å². The lowest BCUT2D eigenvalue weighted by Gasteiger charge is -2.09. The Hall–Kier alpha value is -2.23. The van der Waals surface area contributed by atoms with Crippen LogP contribution >= 0.6 is 0 Å². The molecule has 2 rings (SSSR count). The lowest BCUT2D eigenvalue weighted by molar-refractivity contribution is -0.134. The number of benzene rings is 1. The van der Waals surface area contributed by atoms with E-state index in [9.17, 15) is 4.79 Å². The summed E-state index contributed by atoms with van der Waals surface area (Å²) in [6.07, 6.45) is 2.38. The highest BCUT2D eigenvalue weighted by Gasteiger charge is 2.11. The highest BCUT2D eigenvalue weighted by molar-refractivity contribution is 5.73. The molecule has 0 fully saturated rings. The molecule has 0 atom stereocenters. The van der Waals surface area contributed by atoms with Crippen molar-refractivity contribution in [3.63, 3.8) is 0 Å². The Morgan fingerprint density at radius 1 is 1.26 bits per heavy atom. The number of hydrogen-bond acceptors (Lipinski definition) is 4. The van der Waals surface area contributed by atoms with Crippen molar-refractivity contribution in [3.05, 3.63) is 47.9 Å². The third kappa shape index (κ3) is 3.61. The second kappa shape index (κ2) is 6.09. The Bertz CT molecular complexity index is 543. The Morgan fingerprint density at radius 3 is 2.79 bits per heavy atom. The molecule has 4 nitrogen and oxygen atoms in total. The van der Waals surface area contributed by atoms with Crippen molar-refractivity contribution < 1.29 is 18.7 Å². The van der Waals surface area contributed by atoms with Crippen LogP contribution in [0.25, 0.3) is 0 Å². The number of hydrogen-bond donors (Lipinski definition) is 0. The fraction of sp³-hybridized carbons (Fsp3) is 0.267. The van der Waals surface area contributed by atoms with E-state index in [4.69, 9.17) is 13.9 Å². The first-order chi connectivity index (χ1) is 9.19. The second-order valence-corrected chi connectivity index (χ2v) is 4.21. The first kappa shape index (κ1) is 13.2. The molecule has 0 N–H and O–H groups in total. The van der Waals surface area contributed by atoms with Crippen LogP contribution in [-0.2, 0) is 11.2 Å². The average Bonchev–Trinajstić information content (AvgIpc) is 2.91. The number of carbonyl (C=O) groups is 1.